The predicted molar refractivity (Wildman–Crippen MR) is 72.6 cm³/mol. The predicted octanol–water partition coefficient (Wildman–Crippen LogP) is 2.42. The Hall–Kier alpha value is -1.06. The number of hydrogen-bond acceptors (Lipinski definition) is 3. The largest absolute Gasteiger partial charge is 0.491 e. The molecule has 1 aliphatic rings. The zero-order chi connectivity index (χ0) is 13.1. The van der Waals surface area contributed by atoms with Crippen molar-refractivity contribution < 1.29 is 9.84 Å². The summed E-state index contributed by atoms with van der Waals surface area (Å²) in [6.07, 6.45) is 2.77. The Balaban J connectivity index is 2.12. The molecule has 1 aliphatic carbocycles. The molecule has 3 heteroatoms. The first kappa shape index (κ1) is 13.4. The molecule has 0 amide bonds. The van der Waals surface area contributed by atoms with Crippen LogP contribution in [-0.4, -0.2) is 17.8 Å². The van der Waals surface area contributed by atoms with Crippen molar-refractivity contribution in [3.8, 4) is 5.75 Å². The van der Waals surface area contributed by atoms with Gasteiger partial charge in [-0.15, -0.1) is 0 Å². The highest BCUT2D eigenvalue weighted by atomic mass is 16.5. The lowest BCUT2D eigenvalue weighted by molar-refractivity contribution is 0.0696. The summed E-state index contributed by atoms with van der Waals surface area (Å²) in [5, 5.41) is 9.79. The van der Waals surface area contributed by atoms with Gasteiger partial charge in [-0.05, 0) is 42.4 Å². The number of benzene rings is 1. The van der Waals surface area contributed by atoms with Gasteiger partial charge >= 0.3 is 0 Å². The van der Waals surface area contributed by atoms with Crippen LogP contribution in [0.3, 0.4) is 0 Å². The Morgan fingerprint density at radius 2 is 2.22 bits per heavy atom. The van der Waals surface area contributed by atoms with Crippen LogP contribution in [0.4, 0.5) is 0 Å². The lowest BCUT2D eigenvalue weighted by Crippen LogP contribution is -2.24. The first-order valence-corrected chi connectivity index (χ1v) is 6.78. The first-order valence-electron chi connectivity index (χ1n) is 6.78. The van der Waals surface area contributed by atoms with Crippen LogP contribution in [0, 0.1) is 5.92 Å². The van der Waals surface area contributed by atoms with Crippen molar-refractivity contribution in [1.29, 1.82) is 0 Å². The summed E-state index contributed by atoms with van der Waals surface area (Å²) in [4.78, 5) is 0. The summed E-state index contributed by atoms with van der Waals surface area (Å²) in [5.74, 6) is 1.11. The number of hydrogen-bond donors (Lipinski definition) is 2. The third-order valence-electron chi connectivity index (χ3n) is 3.69. The molecule has 0 heterocycles. The van der Waals surface area contributed by atoms with E-state index < -0.39 is 6.10 Å². The maximum Gasteiger partial charge on any atom is 0.122 e. The Labute approximate surface area is 109 Å². The highest BCUT2D eigenvalue weighted by Gasteiger charge is 2.20. The molecule has 0 bridgehead atoms. The van der Waals surface area contributed by atoms with Crippen LogP contribution in [-0.2, 0) is 6.42 Å². The van der Waals surface area contributed by atoms with Crippen molar-refractivity contribution >= 4 is 0 Å². The van der Waals surface area contributed by atoms with E-state index in [1.165, 1.54) is 11.1 Å². The molecule has 1 aromatic carbocycles. The summed E-state index contributed by atoms with van der Waals surface area (Å²) in [6.45, 7) is 4.33. The monoisotopic (exact) mass is 249 g/mol. The van der Waals surface area contributed by atoms with Crippen molar-refractivity contribution in [2.75, 3.05) is 6.61 Å². The van der Waals surface area contributed by atoms with Crippen molar-refractivity contribution in [2.24, 2.45) is 11.7 Å². The maximum atomic E-state index is 9.79. The van der Waals surface area contributed by atoms with Crippen molar-refractivity contribution in [1.82, 2.24) is 0 Å². The standard InChI is InChI=1S/C15H23NO2/c1-10(2)14(17)9-18-15-8-4-5-11-12(15)6-3-7-13(11)16/h4-5,8,10,13-14,17H,3,6-7,9,16H2,1-2H3. The molecular weight excluding hydrogens is 226 g/mol. The lowest BCUT2D eigenvalue weighted by Gasteiger charge is -2.25. The molecule has 2 unspecified atom stereocenters. The van der Waals surface area contributed by atoms with Crippen LogP contribution < -0.4 is 10.5 Å². The lowest BCUT2D eigenvalue weighted by atomic mass is 9.87. The van der Waals surface area contributed by atoms with Gasteiger partial charge in [-0.3, -0.25) is 0 Å². The molecule has 100 valence electrons. The quantitative estimate of drug-likeness (QED) is 0.861. The number of rotatable bonds is 4. The molecule has 0 aromatic heterocycles. The van der Waals surface area contributed by atoms with E-state index in [-0.39, 0.29) is 12.0 Å². The smallest absolute Gasteiger partial charge is 0.122 e. The van der Waals surface area contributed by atoms with Crippen LogP contribution in [0.2, 0.25) is 0 Å². The molecule has 3 N–H and O–H groups in total. The van der Waals surface area contributed by atoms with E-state index in [1.807, 2.05) is 26.0 Å². The van der Waals surface area contributed by atoms with Gasteiger partial charge in [-0.2, -0.15) is 0 Å². The van der Waals surface area contributed by atoms with E-state index in [0.29, 0.717) is 6.61 Å². The van der Waals surface area contributed by atoms with Gasteiger partial charge in [0.15, 0.2) is 0 Å². The highest BCUT2D eigenvalue weighted by molar-refractivity contribution is 5.43. The van der Waals surface area contributed by atoms with Gasteiger partial charge in [0.05, 0.1) is 6.10 Å². The van der Waals surface area contributed by atoms with Gasteiger partial charge in [-0.1, -0.05) is 26.0 Å². The maximum absolute atomic E-state index is 9.79. The third kappa shape index (κ3) is 2.85. The summed E-state index contributed by atoms with van der Waals surface area (Å²) < 4.78 is 5.77. The number of aliphatic hydroxyl groups excluding tert-OH is 1. The average Bonchev–Trinajstić information content (AvgIpc) is 2.36. The first-order chi connectivity index (χ1) is 8.59. The molecule has 0 saturated heterocycles. The molecule has 0 spiro atoms. The SMILES string of the molecule is CC(C)C(O)COc1cccc2c1CCCC2N. The van der Waals surface area contributed by atoms with Gasteiger partial charge in [0.1, 0.15) is 12.4 Å². The minimum Gasteiger partial charge on any atom is -0.491 e. The molecule has 1 aromatic rings. The van der Waals surface area contributed by atoms with E-state index in [0.717, 1.165) is 25.0 Å². The molecule has 0 saturated carbocycles. The van der Waals surface area contributed by atoms with E-state index in [4.69, 9.17) is 10.5 Å². The summed E-state index contributed by atoms with van der Waals surface area (Å²) in [5.41, 5.74) is 8.55. The van der Waals surface area contributed by atoms with E-state index in [1.54, 1.807) is 0 Å². The molecule has 0 aliphatic heterocycles. The minimum atomic E-state index is -0.418. The fourth-order valence-electron chi connectivity index (χ4n) is 2.35. The van der Waals surface area contributed by atoms with Gasteiger partial charge in [-0.25, -0.2) is 0 Å². The van der Waals surface area contributed by atoms with E-state index in [2.05, 4.69) is 6.07 Å². The summed E-state index contributed by atoms with van der Waals surface area (Å²) in [7, 11) is 0. The fraction of sp³-hybridized carbons (Fsp3) is 0.600. The van der Waals surface area contributed by atoms with Crippen LogP contribution in [0.25, 0.3) is 0 Å². The van der Waals surface area contributed by atoms with Crippen LogP contribution in [0.5, 0.6) is 5.75 Å². The second-order valence-corrected chi connectivity index (χ2v) is 5.45. The summed E-state index contributed by atoms with van der Waals surface area (Å²) in [6, 6.07) is 6.18. The third-order valence-corrected chi connectivity index (χ3v) is 3.69. The summed E-state index contributed by atoms with van der Waals surface area (Å²) >= 11 is 0. The fourth-order valence-corrected chi connectivity index (χ4v) is 2.35. The zero-order valence-corrected chi connectivity index (χ0v) is 11.2. The average molecular weight is 249 g/mol. The Morgan fingerprint density at radius 3 is 2.94 bits per heavy atom. The molecule has 0 radical (unpaired) electrons. The molecular formula is C15H23NO2. The minimum absolute atomic E-state index is 0.132. The van der Waals surface area contributed by atoms with Crippen molar-refractivity contribution in [3.05, 3.63) is 29.3 Å². The zero-order valence-electron chi connectivity index (χ0n) is 11.2. The molecule has 2 rings (SSSR count). The Kier molecular flexibility index (Phi) is 4.25. The molecule has 0 fully saturated rings. The second kappa shape index (κ2) is 5.72. The van der Waals surface area contributed by atoms with Crippen molar-refractivity contribution in [3.63, 3.8) is 0 Å². The Bertz CT molecular complexity index is 403. The second-order valence-electron chi connectivity index (χ2n) is 5.45. The van der Waals surface area contributed by atoms with Crippen LogP contribution >= 0.6 is 0 Å². The number of aliphatic hydroxyl groups is 1. The van der Waals surface area contributed by atoms with Crippen molar-refractivity contribution in [2.45, 2.75) is 45.3 Å². The Morgan fingerprint density at radius 1 is 1.44 bits per heavy atom. The van der Waals surface area contributed by atoms with Crippen LogP contribution in [0.1, 0.15) is 43.9 Å². The van der Waals surface area contributed by atoms with Gasteiger partial charge in [0, 0.05) is 6.04 Å². The molecule has 18 heavy (non-hydrogen) atoms. The number of nitrogens with two attached hydrogens (primary N) is 1. The van der Waals surface area contributed by atoms with Crippen LogP contribution in [0.15, 0.2) is 18.2 Å². The highest BCUT2D eigenvalue weighted by Crippen LogP contribution is 2.34. The van der Waals surface area contributed by atoms with E-state index in [9.17, 15) is 5.11 Å². The number of ether oxygens (including phenoxy) is 1. The topological polar surface area (TPSA) is 55.5 Å². The molecule has 2 atom stereocenters. The number of fused-ring (bicyclic) bond motifs is 1. The van der Waals surface area contributed by atoms with Gasteiger partial charge < -0.3 is 15.6 Å². The molecule has 3 nitrogen and oxygen atoms in total. The van der Waals surface area contributed by atoms with Gasteiger partial charge in [0.25, 0.3) is 0 Å². The van der Waals surface area contributed by atoms with E-state index >= 15 is 0 Å². The van der Waals surface area contributed by atoms with Gasteiger partial charge in [0.2, 0.25) is 0 Å². The normalized spacial score (nSPS) is 20.6.